The second-order valence-electron chi connectivity index (χ2n) is 3.88. The summed E-state index contributed by atoms with van der Waals surface area (Å²) in [6, 6.07) is 7.59. The van der Waals surface area contributed by atoms with E-state index in [9.17, 15) is 9.59 Å². The van der Waals surface area contributed by atoms with E-state index in [-0.39, 0.29) is 12.3 Å². The van der Waals surface area contributed by atoms with Crippen molar-refractivity contribution in [3.63, 3.8) is 0 Å². The number of hydrogen-bond donors (Lipinski definition) is 0. The topological polar surface area (TPSA) is 46.6 Å². The van der Waals surface area contributed by atoms with Gasteiger partial charge in [-0.3, -0.25) is 9.69 Å². The van der Waals surface area contributed by atoms with Crippen molar-refractivity contribution in [3.8, 4) is 0 Å². The van der Waals surface area contributed by atoms with Gasteiger partial charge in [-0.15, -0.1) is 0 Å². The number of ketones is 1. The van der Waals surface area contributed by atoms with Crippen molar-refractivity contribution >= 4 is 27.8 Å². The Bertz CT molecular complexity index is 447. The first-order valence-electron chi connectivity index (χ1n) is 5.33. The summed E-state index contributed by atoms with van der Waals surface area (Å²) < 4.78 is 5.71. The lowest BCUT2D eigenvalue weighted by Gasteiger charge is -2.11. The molecule has 90 valence electrons. The Morgan fingerprint density at radius 3 is 2.94 bits per heavy atom. The van der Waals surface area contributed by atoms with Crippen LogP contribution in [0.15, 0.2) is 28.7 Å². The van der Waals surface area contributed by atoms with Crippen LogP contribution in [0.25, 0.3) is 0 Å². The van der Waals surface area contributed by atoms with E-state index in [0.717, 1.165) is 10.0 Å². The van der Waals surface area contributed by atoms with Gasteiger partial charge in [-0.25, -0.2) is 4.79 Å². The second kappa shape index (κ2) is 5.31. The summed E-state index contributed by atoms with van der Waals surface area (Å²) in [5, 5.41) is 0. The molecule has 0 N–H and O–H groups in total. The summed E-state index contributed by atoms with van der Waals surface area (Å²) in [7, 11) is 0. The van der Waals surface area contributed by atoms with Crippen LogP contribution in [-0.4, -0.2) is 36.5 Å². The first-order chi connectivity index (χ1) is 8.15. The highest BCUT2D eigenvalue weighted by Gasteiger charge is 2.23. The van der Waals surface area contributed by atoms with Crippen molar-refractivity contribution in [2.45, 2.75) is 6.42 Å². The van der Waals surface area contributed by atoms with Crippen molar-refractivity contribution in [2.75, 3.05) is 19.7 Å². The van der Waals surface area contributed by atoms with E-state index < -0.39 is 6.09 Å². The molecule has 1 saturated heterocycles. The number of amides is 1. The van der Waals surface area contributed by atoms with E-state index in [0.29, 0.717) is 19.6 Å². The van der Waals surface area contributed by atoms with Crippen molar-refractivity contribution < 1.29 is 14.3 Å². The second-order valence-corrected chi connectivity index (χ2v) is 4.80. The molecule has 5 heteroatoms. The minimum Gasteiger partial charge on any atom is -0.448 e. The minimum absolute atomic E-state index is 0.0157. The molecule has 1 aliphatic rings. The number of benzene rings is 1. The molecule has 0 radical (unpaired) electrons. The average molecular weight is 298 g/mol. The van der Waals surface area contributed by atoms with Crippen LogP contribution in [0.4, 0.5) is 4.79 Å². The molecule has 0 aliphatic carbocycles. The number of hydrogen-bond acceptors (Lipinski definition) is 3. The van der Waals surface area contributed by atoms with Crippen LogP contribution in [0.5, 0.6) is 0 Å². The monoisotopic (exact) mass is 297 g/mol. The van der Waals surface area contributed by atoms with Crippen LogP contribution in [0.3, 0.4) is 0 Å². The van der Waals surface area contributed by atoms with Crippen molar-refractivity contribution in [1.82, 2.24) is 4.90 Å². The molecule has 1 aliphatic heterocycles. The van der Waals surface area contributed by atoms with E-state index >= 15 is 0 Å². The fourth-order valence-electron chi connectivity index (χ4n) is 1.71. The molecular weight excluding hydrogens is 286 g/mol. The first-order valence-corrected chi connectivity index (χ1v) is 6.12. The van der Waals surface area contributed by atoms with E-state index in [1.807, 2.05) is 24.3 Å². The lowest BCUT2D eigenvalue weighted by atomic mass is 10.1. The van der Waals surface area contributed by atoms with Gasteiger partial charge in [0.05, 0.1) is 13.1 Å². The van der Waals surface area contributed by atoms with Gasteiger partial charge in [-0.2, -0.15) is 0 Å². The van der Waals surface area contributed by atoms with Gasteiger partial charge in [-0.1, -0.05) is 28.1 Å². The van der Waals surface area contributed by atoms with Crippen LogP contribution >= 0.6 is 15.9 Å². The standard InChI is InChI=1S/C12H12BrNO3/c13-10-3-1-2-9(6-10)7-11(15)8-14-4-5-17-12(14)16/h1-3,6H,4-5,7-8H2. The highest BCUT2D eigenvalue weighted by molar-refractivity contribution is 9.10. The zero-order valence-corrected chi connectivity index (χ0v) is 10.8. The van der Waals surface area contributed by atoms with Gasteiger partial charge in [0.25, 0.3) is 0 Å². The van der Waals surface area contributed by atoms with Gasteiger partial charge in [0, 0.05) is 10.9 Å². The number of cyclic esters (lactones) is 1. The van der Waals surface area contributed by atoms with E-state index in [1.165, 1.54) is 4.90 Å². The average Bonchev–Trinajstić information content (AvgIpc) is 2.64. The summed E-state index contributed by atoms with van der Waals surface area (Å²) in [6.07, 6.45) is -0.0592. The zero-order chi connectivity index (χ0) is 12.3. The molecule has 0 unspecified atom stereocenters. The van der Waals surface area contributed by atoms with Crippen LogP contribution in [0.2, 0.25) is 0 Å². The Kier molecular flexibility index (Phi) is 3.78. The highest BCUT2D eigenvalue weighted by Crippen LogP contribution is 2.12. The minimum atomic E-state index is -0.396. The Labute approximate surface area is 108 Å². The third-order valence-electron chi connectivity index (χ3n) is 2.50. The van der Waals surface area contributed by atoms with Crippen LogP contribution in [0, 0.1) is 0 Å². The molecule has 0 saturated carbocycles. The smallest absolute Gasteiger partial charge is 0.410 e. The number of carbonyl (C=O) groups excluding carboxylic acids is 2. The fraction of sp³-hybridized carbons (Fsp3) is 0.333. The van der Waals surface area contributed by atoms with E-state index in [4.69, 9.17) is 4.74 Å². The zero-order valence-electron chi connectivity index (χ0n) is 9.19. The van der Waals surface area contributed by atoms with Gasteiger partial charge in [0.1, 0.15) is 6.61 Å². The molecule has 0 bridgehead atoms. The number of carbonyl (C=O) groups is 2. The van der Waals surface area contributed by atoms with E-state index in [1.54, 1.807) is 0 Å². The number of rotatable bonds is 4. The van der Waals surface area contributed by atoms with Crippen molar-refractivity contribution in [1.29, 1.82) is 0 Å². The maximum atomic E-state index is 11.8. The molecule has 2 rings (SSSR count). The molecule has 17 heavy (non-hydrogen) atoms. The number of ether oxygens (including phenoxy) is 1. The molecule has 1 fully saturated rings. The van der Waals surface area contributed by atoms with E-state index in [2.05, 4.69) is 15.9 Å². The van der Waals surface area contributed by atoms with Gasteiger partial charge in [0.2, 0.25) is 0 Å². The molecule has 0 atom stereocenters. The maximum Gasteiger partial charge on any atom is 0.410 e. The SMILES string of the molecule is O=C(Cc1cccc(Br)c1)CN1CCOC1=O. The number of Topliss-reactive ketones (excluding diaryl/α,β-unsaturated/α-hetero) is 1. The third-order valence-corrected chi connectivity index (χ3v) is 3.00. The molecule has 1 aromatic carbocycles. The largest absolute Gasteiger partial charge is 0.448 e. The first kappa shape index (κ1) is 12.1. The normalized spacial score (nSPS) is 14.9. The highest BCUT2D eigenvalue weighted by atomic mass is 79.9. The third kappa shape index (κ3) is 3.30. The van der Waals surface area contributed by atoms with Crippen molar-refractivity contribution in [2.24, 2.45) is 0 Å². The Morgan fingerprint density at radius 2 is 2.29 bits per heavy atom. The lowest BCUT2D eigenvalue weighted by molar-refractivity contribution is -0.118. The molecule has 1 amide bonds. The summed E-state index contributed by atoms with van der Waals surface area (Å²) >= 11 is 3.35. The molecule has 4 nitrogen and oxygen atoms in total. The Balaban J connectivity index is 1.91. The summed E-state index contributed by atoms with van der Waals surface area (Å²) in [5.74, 6) is 0.0157. The molecule has 0 aromatic heterocycles. The fourth-order valence-corrected chi connectivity index (χ4v) is 2.16. The molecule has 0 spiro atoms. The quantitative estimate of drug-likeness (QED) is 0.854. The molecular formula is C12H12BrNO3. The van der Waals surface area contributed by atoms with Crippen molar-refractivity contribution in [3.05, 3.63) is 34.3 Å². The van der Waals surface area contributed by atoms with Gasteiger partial charge in [0.15, 0.2) is 5.78 Å². The predicted molar refractivity (Wildman–Crippen MR) is 65.8 cm³/mol. The number of nitrogens with zero attached hydrogens (tertiary/aromatic N) is 1. The van der Waals surface area contributed by atoms with Crippen LogP contribution in [0.1, 0.15) is 5.56 Å². The Hall–Kier alpha value is -1.36. The summed E-state index contributed by atoms with van der Waals surface area (Å²) in [6.45, 7) is 1.01. The predicted octanol–water partition coefficient (Wildman–Crippen LogP) is 2.01. The van der Waals surface area contributed by atoms with Crippen LogP contribution in [-0.2, 0) is 16.0 Å². The van der Waals surface area contributed by atoms with Crippen LogP contribution < -0.4 is 0 Å². The summed E-state index contributed by atoms with van der Waals surface area (Å²) in [4.78, 5) is 24.4. The lowest BCUT2D eigenvalue weighted by Crippen LogP contribution is -2.31. The molecule has 1 heterocycles. The van der Waals surface area contributed by atoms with Gasteiger partial charge < -0.3 is 4.74 Å². The summed E-state index contributed by atoms with van der Waals surface area (Å²) in [5.41, 5.74) is 0.942. The Morgan fingerprint density at radius 1 is 1.47 bits per heavy atom. The number of halogens is 1. The molecule has 1 aromatic rings. The van der Waals surface area contributed by atoms with Gasteiger partial charge >= 0.3 is 6.09 Å². The van der Waals surface area contributed by atoms with Gasteiger partial charge in [-0.05, 0) is 17.7 Å². The maximum absolute atomic E-state index is 11.8.